The molecular weight excluding hydrogens is 240 g/mol. The van der Waals surface area contributed by atoms with Crippen LogP contribution in [0.2, 0.25) is 0 Å². The first-order chi connectivity index (χ1) is 9.13. The monoisotopic (exact) mass is 252 g/mol. The molecule has 2 heterocycles. The van der Waals surface area contributed by atoms with E-state index < -0.39 is 0 Å². The fourth-order valence-electron chi connectivity index (χ4n) is 2.03. The van der Waals surface area contributed by atoms with Crippen LogP contribution < -0.4 is 11.2 Å². The summed E-state index contributed by atoms with van der Waals surface area (Å²) in [7, 11) is 0. The number of fused-ring (bicyclic) bond motifs is 1. The molecule has 4 heteroatoms. The summed E-state index contributed by atoms with van der Waals surface area (Å²) in [5, 5.41) is 0.581. The van der Waals surface area contributed by atoms with Gasteiger partial charge in [0.2, 0.25) is 0 Å². The van der Waals surface area contributed by atoms with E-state index in [9.17, 15) is 4.79 Å². The molecular formula is C15H12N2O2. The molecule has 0 fully saturated rings. The number of nitrogens with two attached hydrogens (primary N) is 1. The molecule has 0 amide bonds. The molecule has 3 aromatic rings. The van der Waals surface area contributed by atoms with Crippen molar-refractivity contribution < 1.29 is 4.42 Å². The smallest absolute Gasteiger partial charge is 0.192 e. The minimum absolute atomic E-state index is 0.0271. The quantitative estimate of drug-likeness (QED) is 0.723. The van der Waals surface area contributed by atoms with Crippen molar-refractivity contribution >= 4 is 16.8 Å². The lowest BCUT2D eigenvalue weighted by atomic mass is 10.1. The zero-order valence-electron chi connectivity index (χ0n) is 10.4. The largest absolute Gasteiger partial charge is 0.461 e. The van der Waals surface area contributed by atoms with Gasteiger partial charge in [-0.1, -0.05) is 6.07 Å². The molecule has 4 nitrogen and oxygen atoms in total. The lowest BCUT2D eigenvalue weighted by molar-refractivity contribution is 0.565. The average Bonchev–Trinajstić information content (AvgIpc) is 2.38. The van der Waals surface area contributed by atoms with Crippen molar-refractivity contribution in [3.63, 3.8) is 0 Å². The van der Waals surface area contributed by atoms with Crippen LogP contribution in [0.3, 0.4) is 0 Å². The van der Waals surface area contributed by atoms with E-state index >= 15 is 0 Å². The van der Waals surface area contributed by atoms with E-state index in [1.54, 1.807) is 25.3 Å². The molecule has 0 bridgehead atoms. The second-order valence-electron chi connectivity index (χ2n) is 4.40. The third kappa shape index (κ3) is 2.08. The molecule has 0 aliphatic carbocycles. The van der Waals surface area contributed by atoms with Crippen LogP contribution in [0.5, 0.6) is 0 Å². The highest BCUT2D eigenvalue weighted by atomic mass is 16.3. The van der Waals surface area contributed by atoms with Crippen molar-refractivity contribution in [1.29, 1.82) is 0 Å². The third-order valence-corrected chi connectivity index (χ3v) is 2.97. The van der Waals surface area contributed by atoms with Crippen molar-refractivity contribution in [3.8, 4) is 11.1 Å². The van der Waals surface area contributed by atoms with Gasteiger partial charge >= 0.3 is 0 Å². The molecule has 0 spiro atoms. The molecule has 0 saturated heterocycles. The van der Waals surface area contributed by atoms with Gasteiger partial charge in [0.15, 0.2) is 5.43 Å². The Morgan fingerprint density at radius 2 is 1.89 bits per heavy atom. The van der Waals surface area contributed by atoms with Gasteiger partial charge in [-0.2, -0.15) is 0 Å². The highest BCUT2D eigenvalue weighted by Gasteiger charge is 2.05. The first kappa shape index (κ1) is 11.5. The van der Waals surface area contributed by atoms with Gasteiger partial charge in [-0.25, -0.2) is 4.98 Å². The average molecular weight is 252 g/mol. The third-order valence-electron chi connectivity index (χ3n) is 2.97. The molecule has 3 rings (SSSR count). The molecule has 19 heavy (non-hydrogen) atoms. The molecule has 0 unspecified atom stereocenters. The van der Waals surface area contributed by atoms with E-state index in [1.807, 2.05) is 18.2 Å². The molecule has 0 aliphatic rings. The van der Waals surface area contributed by atoms with Crippen molar-refractivity contribution in [3.05, 3.63) is 58.6 Å². The van der Waals surface area contributed by atoms with Gasteiger partial charge in [-0.3, -0.25) is 4.79 Å². The summed E-state index contributed by atoms with van der Waals surface area (Å²) in [4.78, 5) is 15.9. The Balaban J connectivity index is 2.21. The summed E-state index contributed by atoms with van der Waals surface area (Å²) in [6.07, 6.45) is 1.70. The first-order valence-corrected chi connectivity index (χ1v) is 5.90. The van der Waals surface area contributed by atoms with Crippen LogP contribution in [0.1, 0.15) is 5.76 Å². The van der Waals surface area contributed by atoms with E-state index in [-0.39, 0.29) is 5.43 Å². The lowest BCUT2D eigenvalue weighted by Crippen LogP contribution is -2.00. The molecule has 94 valence electrons. The Kier molecular flexibility index (Phi) is 2.56. The number of pyridine rings is 1. The summed E-state index contributed by atoms with van der Waals surface area (Å²) in [5.41, 5.74) is 7.99. The number of aryl methyl sites for hydroxylation is 1. The minimum Gasteiger partial charge on any atom is -0.461 e. The maximum Gasteiger partial charge on any atom is 0.192 e. The molecule has 0 saturated carbocycles. The van der Waals surface area contributed by atoms with Gasteiger partial charge in [-0.05, 0) is 36.8 Å². The number of hydrogen-bond acceptors (Lipinski definition) is 4. The second kappa shape index (κ2) is 4.24. The molecule has 2 N–H and O–H groups in total. The van der Waals surface area contributed by atoms with Gasteiger partial charge in [0, 0.05) is 17.8 Å². The summed E-state index contributed by atoms with van der Waals surface area (Å²) < 4.78 is 5.58. The Labute approximate surface area is 109 Å². The predicted octanol–water partition coefficient (Wildman–Crippen LogP) is 2.75. The Morgan fingerprint density at radius 3 is 2.63 bits per heavy atom. The molecule has 0 radical (unpaired) electrons. The van der Waals surface area contributed by atoms with Crippen LogP contribution in [-0.2, 0) is 0 Å². The zero-order chi connectivity index (χ0) is 13.4. The van der Waals surface area contributed by atoms with Crippen molar-refractivity contribution in [2.24, 2.45) is 0 Å². The summed E-state index contributed by atoms with van der Waals surface area (Å²) in [5.74, 6) is 1.08. The topological polar surface area (TPSA) is 69.1 Å². The number of nitrogens with zero attached hydrogens (tertiary/aromatic N) is 1. The summed E-state index contributed by atoms with van der Waals surface area (Å²) in [6, 6.07) is 10.6. The summed E-state index contributed by atoms with van der Waals surface area (Å²) in [6.45, 7) is 1.76. The van der Waals surface area contributed by atoms with Crippen LogP contribution in [0, 0.1) is 6.92 Å². The number of anilines is 1. The van der Waals surface area contributed by atoms with E-state index in [4.69, 9.17) is 10.2 Å². The highest BCUT2D eigenvalue weighted by Crippen LogP contribution is 2.23. The molecule has 2 aromatic heterocycles. The SMILES string of the molecule is Cc1cc(=O)c2ccc(-c3ccc(N)nc3)cc2o1. The van der Waals surface area contributed by atoms with E-state index in [0.29, 0.717) is 22.5 Å². The zero-order valence-corrected chi connectivity index (χ0v) is 10.4. The number of nitrogen functional groups attached to an aromatic ring is 1. The number of rotatable bonds is 1. The van der Waals surface area contributed by atoms with Crippen LogP contribution in [0.25, 0.3) is 22.1 Å². The van der Waals surface area contributed by atoms with Crippen LogP contribution in [-0.4, -0.2) is 4.98 Å². The molecule has 0 aliphatic heterocycles. The fraction of sp³-hybridized carbons (Fsp3) is 0.0667. The van der Waals surface area contributed by atoms with Crippen LogP contribution in [0.4, 0.5) is 5.82 Å². The van der Waals surface area contributed by atoms with Crippen molar-refractivity contribution in [2.75, 3.05) is 5.73 Å². The maximum absolute atomic E-state index is 11.8. The second-order valence-corrected chi connectivity index (χ2v) is 4.40. The standard InChI is InChI=1S/C15H12N2O2/c1-9-6-13(18)12-4-2-10(7-14(12)19-9)11-3-5-15(16)17-8-11/h2-8H,1H3,(H2,16,17). The van der Waals surface area contributed by atoms with Gasteiger partial charge < -0.3 is 10.2 Å². The van der Waals surface area contributed by atoms with E-state index in [0.717, 1.165) is 11.1 Å². The maximum atomic E-state index is 11.8. The van der Waals surface area contributed by atoms with E-state index in [2.05, 4.69) is 4.98 Å². The fourth-order valence-corrected chi connectivity index (χ4v) is 2.03. The Bertz CT molecular complexity index is 804. The number of hydrogen-bond donors (Lipinski definition) is 1. The normalized spacial score (nSPS) is 10.8. The van der Waals surface area contributed by atoms with Gasteiger partial charge in [0.05, 0.1) is 5.39 Å². The van der Waals surface area contributed by atoms with Crippen molar-refractivity contribution in [1.82, 2.24) is 4.98 Å². The highest BCUT2D eigenvalue weighted by molar-refractivity contribution is 5.82. The Morgan fingerprint density at radius 1 is 1.11 bits per heavy atom. The van der Waals surface area contributed by atoms with Gasteiger partial charge in [0.25, 0.3) is 0 Å². The minimum atomic E-state index is -0.0271. The summed E-state index contributed by atoms with van der Waals surface area (Å²) >= 11 is 0. The van der Waals surface area contributed by atoms with E-state index in [1.165, 1.54) is 6.07 Å². The first-order valence-electron chi connectivity index (χ1n) is 5.90. The lowest BCUT2D eigenvalue weighted by Gasteiger charge is -2.04. The van der Waals surface area contributed by atoms with Crippen LogP contribution >= 0.6 is 0 Å². The Hall–Kier alpha value is -2.62. The van der Waals surface area contributed by atoms with Gasteiger partial charge in [-0.15, -0.1) is 0 Å². The van der Waals surface area contributed by atoms with Crippen molar-refractivity contribution in [2.45, 2.75) is 6.92 Å². The van der Waals surface area contributed by atoms with Crippen LogP contribution in [0.15, 0.2) is 51.8 Å². The van der Waals surface area contributed by atoms with Gasteiger partial charge in [0.1, 0.15) is 17.2 Å². The number of benzene rings is 1. The molecule has 1 aromatic carbocycles. The molecule has 0 atom stereocenters. The predicted molar refractivity (Wildman–Crippen MR) is 74.9 cm³/mol. The number of aromatic nitrogens is 1.